The summed E-state index contributed by atoms with van der Waals surface area (Å²) < 4.78 is 40.2. The first kappa shape index (κ1) is 15.6. The second kappa shape index (κ2) is 5.93. The van der Waals surface area contributed by atoms with Crippen molar-refractivity contribution in [2.24, 2.45) is 11.7 Å². The van der Waals surface area contributed by atoms with Crippen LogP contribution in [0.4, 0.5) is 18.9 Å². The van der Waals surface area contributed by atoms with Crippen molar-refractivity contribution in [3.8, 4) is 0 Å². The molecule has 1 fully saturated rings. The van der Waals surface area contributed by atoms with E-state index in [1.54, 1.807) is 6.07 Å². The van der Waals surface area contributed by atoms with Gasteiger partial charge in [-0.05, 0) is 50.4 Å². The number of benzene rings is 1. The van der Waals surface area contributed by atoms with Gasteiger partial charge in [-0.2, -0.15) is 13.2 Å². The molecule has 1 aliphatic rings. The molecule has 2 N–H and O–H groups in total. The zero-order valence-electron chi connectivity index (χ0n) is 11.3. The minimum Gasteiger partial charge on any atom is -0.368 e. The number of hydrogen-bond acceptors (Lipinski definition) is 2. The van der Waals surface area contributed by atoms with Crippen LogP contribution < -0.4 is 10.6 Å². The number of anilines is 1. The van der Waals surface area contributed by atoms with E-state index in [9.17, 15) is 13.2 Å². The average Bonchev–Trinajstić information content (AvgIpc) is 2.37. The van der Waals surface area contributed by atoms with Gasteiger partial charge in [-0.1, -0.05) is 15.9 Å². The highest BCUT2D eigenvalue weighted by Crippen LogP contribution is 2.40. The molecule has 0 aromatic heterocycles. The van der Waals surface area contributed by atoms with E-state index in [0.717, 1.165) is 18.9 Å². The Kier molecular flexibility index (Phi) is 4.64. The molecule has 1 aromatic carbocycles. The van der Waals surface area contributed by atoms with E-state index in [-0.39, 0.29) is 17.6 Å². The zero-order chi connectivity index (χ0) is 14.9. The van der Waals surface area contributed by atoms with Crippen molar-refractivity contribution in [2.45, 2.75) is 32.0 Å². The summed E-state index contributed by atoms with van der Waals surface area (Å²) in [5.74, 6) is 0.256. The Morgan fingerprint density at radius 1 is 1.35 bits per heavy atom. The topological polar surface area (TPSA) is 29.3 Å². The quantitative estimate of drug-likeness (QED) is 0.872. The van der Waals surface area contributed by atoms with Crippen LogP contribution in [0.1, 0.15) is 25.3 Å². The predicted molar refractivity (Wildman–Crippen MR) is 77.7 cm³/mol. The van der Waals surface area contributed by atoms with Crippen LogP contribution in [0.15, 0.2) is 22.7 Å². The van der Waals surface area contributed by atoms with Crippen LogP contribution in [0, 0.1) is 5.92 Å². The summed E-state index contributed by atoms with van der Waals surface area (Å²) in [5, 5.41) is 0. The fraction of sp³-hybridized carbons (Fsp3) is 0.571. The van der Waals surface area contributed by atoms with Crippen molar-refractivity contribution in [3.05, 3.63) is 28.2 Å². The fourth-order valence-electron chi connectivity index (χ4n) is 2.69. The Labute approximate surface area is 125 Å². The lowest BCUT2D eigenvalue weighted by Crippen LogP contribution is -2.44. The number of alkyl halides is 3. The number of nitrogens with zero attached hydrogens (tertiary/aromatic N) is 1. The molecule has 112 valence electrons. The lowest BCUT2D eigenvalue weighted by Gasteiger charge is -2.40. The van der Waals surface area contributed by atoms with Crippen LogP contribution in [-0.2, 0) is 6.18 Å². The number of nitrogens with two attached hydrogens (primary N) is 1. The molecule has 2 rings (SSSR count). The predicted octanol–water partition coefficient (Wildman–Crippen LogP) is 4.03. The van der Waals surface area contributed by atoms with Crippen molar-refractivity contribution in [1.29, 1.82) is 0 Å². The summed E-state index contributed by atoms with van der Waals surface area (Å²) in [5.41, 5.74) is 5.35. The maximum Gasteiger partial charge on any atom is 0.418 e. The number of rotatable bonds is 2. The molecule has 6 heteroatoms. The molecule has 0 aliphatic carbocycles. The van der Waals surface area contributed by atoms with Crippen molar-refractivity contribution < 1.29 is 13.2 Å². The molecule has 0 radical (unpaired) electrons. The lowest BCUT2D eigenvalue weighted by molar-refractivity contribution is -0.137. The van der Waals surface area contributed by atoms with Crippen LogP contribution in [-0.4, -0.2) is 19.1 Å². The smallest absolute Gasteiger partial charge is 0.368 e. The Morgan fingerprint density at radius 2 is 2.05 bits per heavy atom. The van der Waals surface area contributed by atoms with Gasteiger partial charge in [-0.15, -0.1) is 0 Å². The van der Waals surface area contributed by atoms with E-state index in [1.807, 2.05) is 11.8 Å². The maximum absolute atomic E-state index is 13.2. The Hall–Kier alpha value is -0.750. The molecule has 2 nitrogen and oxygen atoms in total. The summed E-state index contributed by atoms with van der Waals surface area (Å²) in [7, 11) is 0. The first-order valence-corrected chi connectivity index (χ1v) is 7.45. The zero-order valence-corrected chi connectivity index (χ0v) is 12.8. The molecule has 0 bridgehead atoms. The van der Waals surface area contributed by atoms with E-state index in [2.05, 4.69) is 15.9 Å². The third-order valence-corrected chi connectivity index (χ3v) is 4.38. The van der Waals surface area contributed by atoms with Crippen LogP contribution in [0.3, 0.4) is 0 Å². The molecular formula is C14H18BrF3N2. The van der Waals surface area contributed by atoms with Gasteiger partial charge < -0.3 is 10.6 Å². The van der Waals surface area contributed by atoms with Crippen LogP contribution >= 0.6 is 15.9 Å². The molecule has 1 saturated heterocycles. The van der Waals surface area contributed by atoms with Gasteiger partial charge in [0.05, 0.1) is 11.3 Å². The number of halogens is 4. The summed E-state index contributed by atoms with van der Waals surface area (Å²) in [6.45, 7) is 3.06. The second-order valence-electron chi connectivity index (χ2n) is 5.34. The normalized spacial score (nSPS) is 24.0. The van der Waals surface area contributed by atoms with Gasteiger partial charge in [0.25, 0.3) is 0 Å². The van der Waals surface area contributed by atoms with Crippen molar-refractivity contribution in [2.75, 3.05) is 18.0 Å². The first-order chi connectivity index (χ1) is 9.32. The van der Waals surface area contributed by atoms with Gasteiger partial charge >= 0.3 is 6.18 Å². The van der Waals surface area contributed by atoms with Gasteiger partial charge in [0.1, 0.15) is 0 Å². The molecule has 0 spiro atoms. The highest BCUT2D eigenvalue weighted by molar-refractivity contribution is 9.10. The average molecular weight is 351 g/mol. The van der Waals surface area contributed by atoms with Crippen LogP contribution in [0.2, 0.25) is 0 Å². The van der Waals surface area contributed by atoms with Gasteiger partial charge in [-0.25, -0.2) is 0 Å². The van der Waals surface area contributed by atoms with Crippen LogP contribution in [0.5, 0.6) is 0 Å². The summed E-state index contributed by atoms with van der Waals surface area (Å²) in [6, 6.07) is 4.21. The van der Waals surface area contributed by atoms with Crippen LogP contribution in [0.25, 0.3) is 0 Å². The third-order valence-electron chi connectivity index (χ3n) is 3.89. The number of hydrogen-bond donors (Lipinski definition) is 1. The van der Waals surface area contributed by atoms with E-state index in [4.69, 9.17) is 5.73 Å². The summed E-state index contributed by atoms with van der Waals surface area (Å²) >= 11 is 3.26. The SMILES string of the molecule is CC1CCC(CN)CN1c1cc(Br)ccc1C(F)(F)F. The van der Waals surface area contributed by atoms with Crippen molar-refractivity contribution in [3.63, 3.8) is 0 Å². The molecule has 2 unspecified atom stereocenters. The molecule has 2 atom stereocenters. The molecule has 0 saturated carbocycles. The lowest BCUT2D eigenvalue weighted by atomic mass is 9.92. The Bertz CT molecular complexity index is 476. The molecule has 20 heavy (non-hydrogen) atoms. The second-order valence-corrected chi connectivity index (χ2v) is 6.26. The third kappa shape index (κ3) is 3.28. The largest absolute Gasteiger partial charge is 0.418 e. The van der Waals surface area contributed by atoms with E-state index in [0.29, 0.717) is 17.6 Å². The maximum atomic E-state index is 13.2. The Morgan fingerprint density at radius 3 is 2.65 bits per heavy atom. The van der Waals surface area contributed by atoms with Gasteiger partial charge in [0.15, 0.2) is 0 Å². The van der Waals surface area contributed by atoms with E-state index >= 15 is 0 Å². The van der Waals surface area contributed by atoms with Gasteiger partial charge in [-0.3, -0.25) is 0 Å². The molecule has 0 amide bonds. The highest BCUT2D eigenvalue weighted by Gasteiger charge is 2.37. The van der Waals surface area contributed by atoms with Gasteiger partial charge in [0.2, 0.25) is 0 Å². The fourth-order valence-corrected chi connectivity index (χ4v) is 3.04. The number of piperidine rings is 1. The molecule has 1 aromatic rings. The molecule has 1 heterocycles. The minimum atomic E-state index is -4.34. The standard InChI is InChI=1S/C14H18BrF3N2/c1-9-2-3-10(7-19)8-20(9)13-6-11(15)4-5-12(13)14(16,17)18/h4-6,9-10H,2-3,7-8,19H2,1H3. The molecule has 1 aliphatic heterocycles. The van der Waals surface area contributed by atoms with Gasteiger partial charge in [0, 0.05) is 17.1 Å². The highest BCUT2D eigenvalue weighted by atomic mass is 79.9. The van der Waals surface area contributed by atoms with E-state index in [1.165, 1.54) is 6.07 Å². The summed E-state index contributed by atoms with van der Waals surface area (Å²) in [4.78, 5) is 1.84. The van der Waals surface area contributed by atoms with Crippen molar-refractivity contribution in [1.82, 2.24) is 0 Å². The monoisotopic (exact) mass is 350 g/mol. The van der Waals surface area contributed by atoms with E-state index < -0.39 is 11.7 Å². The first-order valence-electron chi connectivity index (χ1n) is 6.66. The summed E-state index contributed by atoms with van der Waals surface area (Å²) in [6.07, 6.45) is -2.50. The van der Waals surface area contributed by atoms with Crippen molar-refractivity contribution >= 4 is 21.6 Å². The molecular weight excluding hydrogens is 333 g/mol. The Balaban J connectivity index is 2.41. The minimum absolute atomic E-state index is 0.0909.